The maximum Gasteiger partial charge on any atom is 0.259 e. The van der Waals surface area contributed by atoms with E-state index < -0.39 is 11.6 Å². The van der Waals surface area contributed by atoms with Gasteiger partial charge in [0, 0.05) is 36.3 Å². The van der Waals surface area contributed by atoms with Crippen LogP contribution < -0.4 is 5.32 Å². The normalized spacial score (nSPS) is 18.2. The van der Waals surface area contributed by atoms with Crippen LogP contribution in [0, 0.1) is 12.7 Å². The number of benzene rings is 2. The summed E-state index contributed by atoms with van der Waals surface area (Å²) in [7, 11) is 0. The molecule has 2 aromatic heterocycles. The first kappa shape index (κ1) is 27.9. The molecule has 1 fully saturated rings. The lowest BCUT2D eigenvalue weighted by molar-refractivity contribution is 0.0391. The van der Waals surface area contributed by atoms with Crippen molar-refractivity contribution < 1.29 is 18.7 Å². The molecule has 3 heterocycles. The maximum atomic E-state index is 13.6. The highest BCUT2D eigenvalue weighted by Gasteiger charge is 2.33. The van der Waals surface area contributed by atoms with Crippen LogP contribution in [0.4, 0.5) is 10.1 Å². The largest absolute Gasteiger partial charge is 0.425 e. The molecule has 4 aromatic rings. The Bertz CT molecular complexity index is 1510. The standard InChI is InChI=1S/C29H32ClFN6O3/c1-17-34-35-28(40-17)22-11-12-36(16-25(22)38)15-19-13-21(9-10-24(19)30)33-27(39)23-14-32-37(29(2,3)4)26(23)18-5-7-20(31)8-6-18/h5-10,13-14,22,25,38H,11-12,15-16H2,1-4H3,(H,33,39). The van der Waals surface area contributed by atoms with Gasteiger partial charge in [-0.1, -0.05) is 11.6 Å². The fourth-order valence-electron chi connectivity index (χ4n) is 5.01. The number of carbonyl (C=O) groups excluding carboxylic acids is 1. The fraction of sp³-hybridized carbons (Fsp3) is 0.379. The zero-order valence-corrected chi connectivity index (χ0v) is 23.6. The number of piperidine rings is 1. The van der Waals surface area contributed by atoms with Crippen LogP contribution in [0.1, 0.15) is 60.8 Å². The Morgan fingerprint density at radius 2 is 1.95 bits per heavy atom. The van der Waals surface area contributed by atoms with E-state index in [1.807, 2.05) is 26.8 Å². The number of likely N-dealkylation sites (tertiary alicyclic amines) is 1. The van der Waals surface area contributed by atoms with Gasteiger partial charge in [0.2, 0.25) is 11.8 Å². The number of aliphatic hydroxyl groups excluding tert-OH is 1. The highest BCUT2D eigenvalue weighted by molar-refractivity contribution is 6.31. The van der Waals surface area contributed by atoms with Gasteiger partial charge in [0.05, 0.1) is 35.0 Å². The Morgan fingerprint density at radius 1 is 1.20 bits per heavy atom. The molecule has 1 aliphatic rings. The number of hydrogen-bond donors (Lipinski definition) is 2. The Hall–Kier alpha value is -3.60. The number of nitrogens with one attached hydrogen (secondary N) is 1. The number of aromatic nitrogens is 4. The van der Waals surface area contributed by atoms with Crippen molar-refractivity contribution in [1.82, 2.24) is 24.9 Å². The summed E-state index contributed by atoms with van der Waals surface area (Å²) in [5.41, 5.74) is 2.66. The van der Waals surface area contributed by atoms with Crippen LogP contribution in [-0.4, -0.2) is 55.1 Å². The monoisotopic (exact) mass is 566 g/mol. The van der Waals surface area contributed by atoms with E-state index in [2.05, 4.69) is 25.5 Å². The first-order valence-electron chi connectivity index (χ1n) is 13.1. The number of hydrogen-bond acceptors (Lipinski definition) is 7. The van der Waals surface area contributed by atoms with Crippen molar-refractivity contribution >= 4 is 23.2 Å². The number of anilines is 1. The molecule has 1 saturated heterocycles. The number of amides is 1. The summed E-state index contributed by atoms with van der Waals surface area (Å²) in [6, 6.07) is 11.3. The average Bonchev–Trinajstić information content (AvgIpc) is 3.53. The van der Waals surface area contributed by atoms with E-state index in [9.17, 15) is 14.3 Å². The van der Waals surface area contributed by atoms with Crippen LogP contribution in [0.2, 0.25) is 5.02 Å². The van der Waals surface area contributed by atoms with Gasteiger partial charge in [-0.25, -0.2) is 4.39 Å². The molecule has 2 atom stereocenters. The number of β-amino-alcohol motifs (C(OH)–C–C–N with tert-alkyl or cyclic N) is 1. The van der Waals surface area contributed by atoms with Crippen molar-refractivity contribution in [2.45, 2.75) is 58.2 Å². The summed E-state index contributed by atoms with van der Waals surface area (Å²) < 4.78 is 20.9. The van der Waals surface area contributed by atoms with Gasteiger partial charge >= 0.3 is 0 Å². The van der Waals surface area contributed by atoms with Crippen LogP contribution in [0.3, 0.4) is 0 Å². The minimum atomic E-state index is -0.653. The highest BCUT2D eigenvalue weighted by Crippen LogP contribution is 2.32. The lowest BCUT2D eigenvalue weighted by Gasteiger charge is -2.34. The summed E-state index contributed by atoms with van der Waals surface area (Å²) in [4.78, 5) is 15.6. The second-order valence-corrected chi connectivity index (χ2v) is 11.5. The summed E-state index contributed by atoms with van der Waals surface area (Å²) in [6.45, 7) is 9.33. The van der Waals surface area contributed by atoms with E-state index in [1.54, 1.807) is 35.9 Å². The second kappa shape index (κ2) is 11.1. The third kappa shape index (κ3) is 5.94. The Morgan fingerprint density at radius 3 is 2.60 bits per heavy atom. The lowest BCUT2D eigenvalue weighted by Crippen LogP contribution is -2.42. The van der Waals surface area contributed by atoms with Gasteiger partial charge in [-0.2, -0.15) is 5.10 Å². The molecular weight excluding hydrogens is 535 g/mol. The van der Waals surface area contributed by atoms with Crippen LogP contribution >= 0.6 is 11.6 Å². The number of rotatable bonds is 6. The minimum absolute atomic E-state index is 0.206. The van der Waals surface area contributed by atoms with Gasteiger partial charge in [-0.15, -0.1) is 10.2 Å². The molecule has 2 aromatic carbocycles. The zero-order chi connectivity index (χ0) is 28.6. The van der Waals surface area contributed by atoms with Crippen LogP contribution in [0.15, 0.2) is 53.1 Å². The van der Waals surface area contributed by atoms with E-state index in [4.69, 9.17) is 16.0 Å². The fourth-order valence-corrected chi connectivity index (χ4v) is 5.19. The van der Waals surface area contributed by atoms with Gasteiger partial charge in [0.25, 0.3) is 5.91 Å². The summed E-state index contributed by atoms with van der Waals surface area (Å²) >= 11 is 6.53. The molecule has 40 heavy (non-hydrogen) atoms. The molecule has 210 valence electrons. The summed E-state index contributed by atoms with van der Waals surface area (Å²) in [5.74, 6) is 0.0387. The predicted molar refractivity (Wildman–Crippen MR) is 150 cm³/mol. The van der Waals surface area contributed by atoms with E-state index in [0.717, 1.165) is 5.56 Å². The van der Waals surface area contributed by atoms with Crippen molar-refractivity contribution in [2.24, 2.45) is 0 Å². The molecule has 5 rings (SSSR count). The van der Waals surface area contributed by atoms with Crippen molar-refractivity contribution in [3.63, 3.8) is 0 Å². The first-order chi connectivity index (χ1) is 19.0. The number of aliphatic hydroxyl groups is 1. The van der Waals surface area contributed by atoms with Crippen molar-refractivity contribution in [2.75, 3.05) is 18.4 Å². The SMILES string of the molecule is Cc1nnc(C2CCN(Cc3cc(NC(=O)c4cnn(C(C)(C)C)c4-c4ccc(F)cc4)ccc3Cl)CC2O)o1. The van der Waals surface area contributed by atoms with E-state index >= 15 is 0 Å². The van der Waals surface area contributed by atoms with Crippen LogP contribution in [0.25, 0.3) is 11.3 Å². The smallest absolute Gasteiger partial charge is 0.259 e. The second-order valence-electron chi connectivity index (χ2n) is 11.1. The quantitative estimate of drug-likeness (QED) is 0.322. The number of halogens is 2. The Labute approximate surface area is 237 Å². The van der Waals surface area contributed by atoms with Gasteiger partial charge < -0.3 is 14.8 Å². The number of carbonyl (C=O) groups is 1. The minimum Gasteiger partial charge on any atom is -0.425 e. The van der Waals surface area contributed by atoms with E-state index in [1.165, 1.54) is 18.3 Å². The molecule has 9 nitrogen and oxygen atoms in total. The third-order valence-corrected chi connectivity index (χ3v) is 7.36. The van der Waals surface area contributed by atoms with Gasteiger partial charge in [-0.3, -0.25) is 14.4 Å². The molecule has 0 aliphatic carbocycles. The highest BCUT2D eigenvalue weighted by atomic mass is 35.5. The molecule has 0 spiro atoms. The molecule has 1 aliphatic heterocycles. The van der Waals surface area contributed by atoms with Crippen molar-refractivity contribution in [3.05, 3.63) is 82.4 Å². The summed E-state index contributed by atoms with van der Waals surface area (Å²) in [6.07, 6.45) is 1.55. The molecule has 2 unspecified atom stereocenters. The summed E-state index contributed by atoms with van der Waals surface area (Å²) in [5, 5.41) is 26.7. The van der Waals surface area contributed by atoms with Gasteiger partial charge in [0.1, 0.15) is 5.82 Å². The molecule has 0 bridgehead atoms. The first-order valence-corrected chi connectivity index (χ1v) is 13.5. The van der Waals surface area contributed by atoms with E-state index in [-0.39, 0.29) is 17.6 Å². The number of aryl methyl sites for hydroxylation is 1. The number of nitrogens with zero attached hydrogens (tertiary/aromatic N) is 5. The molecule has 11 heteroatoms. The molecule has 0 saturated carbocycles. The Kier molecular flexibility index (Phi) is 7.76. The van der Waals surface area contributed by atoms with Gasteiger partial charge in [-0.05, 0) is 81.8 Å². The molecule has 0 radical (unpaired) electrons. The molecular formula is C29H32ClFN6O3. The zero-order valence-electron chi connectivity index (χ0n) is 22.9. The van der Waals surface area contributed by atoms with Crippen molar-refractivity contribution in [3.8, 4) is 11.3 Å². The van der Waals surface area contributed by atoms with Crippen LogP contribution in [-0.2, 0) is 12.1 Å². The average molecular weight is 567 g/mol. The Balaban J connectivity index is 1.33. The lowest BCUT2D eigenvalue weighted by atomic mass is 9.93. The van der Waals surface area contributed by atoms with Crippen molar-refractivity contribution in [1.29, 1.82) is 0 Å². The predicted octanol–water partition coefficient (Wildman–Crippen LogP) is 5.39. The van der Waals surface area contributed by atoms with Crippen LogP contribution in [0.5, 0.6) is 0 Å². The third-order valence-electron chi connectivity index (χ3n) is 6.99. The molecule has 2 N–H and O–H groups in total. The molecule has 1 amide bonds. The van der Waals surface area contributed by atoms with Gasteiger partial charge in [0.15, 0.2) is 0 Å². The maximum absolute atomic E-state index is 13.6. The topological polar surface area (TPSA) is 109 Å². The van der Waals surface area contributed by atoms with E-state index in [0.29, 0.717) is 65.4 Å².